The maximum atomic E-state index is 14.0. The lowest BCUT2D eigenvalue weighted by molar-refractivity contribution is -0.519. The molecular weight excluding hydrogens is 510 g/mol. The molecule has 1 N–H and O–H groups in total. The molecule has 8 nitrogen and oxygen atoms in total. The van der Waals surface area contributed by atoms with Crippen molar-refractivity contribution < 1.29 is 37.1 Å². The highest BCUT2D eigenvalue weighted by molar-refractivity contribution is 6.31. The molecule has 1 heterocycles. The van der Waals surface area contributed by atoms with Crippen LogP contribution in [-0.2, 0) is 15.9 Å². The van der Waals surface area contributed by atoms with E-state index in [9.17, 15) is 37.6 Å². The van der Waals surface area contributed by atoms with Crippen LogP contribution in [0.25, 0.3) is 11.3 Å². The van der Waals surface area contributed by atoms with Crippen molar-refractivity contribution in [2.75, 3.05) is 13.6 Å². The third-order valence-corrected chi connectivity index (χ3v) is 5.79. The standard InChI is InChI=1S/C23H26ClF4N3O5/c1-20(2,3)36-19(32)30(6)21(4,5)14-10-17(13-7-8-16(25)15(24)9-13)29-18(11-14)22(33,12-31(34)35)23(26,27)28/h7-11,33H,12H2,1-6H3. The van der Waals surface area contributed by atoms with E-state index in [0.717, 1.165) is 23.1 Å². The molecule has 1 aromatic carbocycles. The highest BCUT2D eigenvalue weighted by Crippen LogP contribution is 2.41. The molecule has 0 aliphatic carbocycles. The van der Waals surface area contributed by atoms with Gasteiger partial charge in [0.2, 0.25) is 6.54 Å². The smallest absolute Gasteiger partial charge is 0.429 e. The molecule has 1 atom stereocenters. The van der Waals surface area contributed by atoms with Crippen molar-refractivity contribution >= 4 is 17.7 Å². The molecule has 0 aliphatic heterocycles. The van der Waals surface area contributed by atoms with Crippen LogP contribution in [0.1, 0.15) is 45.9 Å². The normalized spacial score (nSPS) is 14.2. The van der Waals surface area contributed by atoms with Crippen molar-refractivity contribution in [1.29, 1.82) is 0 Å². The van der Waals surface area contributed by atoms with E-state index in [1.807, 2.05) is 0 Å². The molecule has 1 unspecified atom stereocenters. The number of nitro groups is 1. The van der Waals surface area contributed by atoms with Crippen molar-refractivity contribution in [2.24, 2.45) is 0 Å². The van der Waals surface area contributed by atoms with Crippen LogP contribution in [0.3, 0.4) is 0 Å². The maximum Gasteiger partial charge on any atom is 0.429 e. The van der Waals surface area contributed by atoms with E-state index in [1.165, 1.54) is 33.0 Å². The van der Waals surface area contributed by atoms with Gasteiger partial charge in [0.1, 0.15) is 11.4 Å². The fourth-order valence-electron chi connectivity index (χ4n) is 3.15. The highest BCUT2D eigenvalue weighted by Gasteiger charge is 2.60. The third kappa shape index (κ3) is 6.22. The first-order valence-electron chi connectivity index (χ1n) is 10.6. The van der Waals surface area contributed by atoms with Gasteiger partial charge in [-0.2, -0.15) is 13.2 Å². The molecule has 36 heavy (non-hydrogen) atoms. The summed E-state index contributed by atoms with van der Waals surface area (Å²) in [6, 6.07) is 5.43. The fourth-order valence-corrected chi connectivity index (χ4v) is 3.33. The van der Waals surface area contributed by atoms with Crippen LogP contribution in [-0.4, -0.2) is 51.4 Å². The van der Waals surface area contributed by atoms with Crippen LogP contribution in [0.15, 0.2) is 30.3 Å². The fraction of sp³-hybridized carbons (Fsp3) is 0.478. The summed E-state index contributed by atoms with van der Waals surface area (Å²) in [6.45, 7) is 5.98. The van der Waals surface area contributed by atoms with E-state index in [2.05, 4.69) is 4.98 Å². The van der Waals surface area contributed by atoms with Gasteiger partial charge in [-0.15, -0.1) is 0 Å². The summed E-state index contributed by atoms with van der Waals surface area (Å²) in [5.74, 6) is -0.790. The summed E-state index contributed by atoms with van der Waals surface area (Å²) in [4.78, 5) is 27.5. The number of pyridine rings is 1. The first-order chi connectivity index (χ1) is 16.2. The van der Waals surface area contributed by atoms with E-state index in [4.69, 9.17) is 16.3 Å². The SMILES string of the molecule is CN(C(=O)OC(C)(C)C)C(C)(C)c1cc(-c2ccc(F)c(Cl)c2)nc(C(O)(C[N+](=O)[O-])C(F)(F)F)c1. The molecule has 1 amide bonds. The number of carbonyl (C=O) groups excluding carboxylic acids is 1. The monoisotopic (exact) mass is 535 g/mol. The number of aromatic nitrogens is 1. The van der Waals surface area contributed by atoms with Gasteiger partial charge < -0.3 is 14.7 Å². The number of alkyl halides is 3. The molecule has 2 aromatic rings. The predicted octanol–water partition coefficient (Wildman–Crippen LogP) is 5.67. The molecule has 0 saturated carbocycles. The summed E-state index contributed by atoms with van der Waals surface area (Å²) >= 11 is 5.83. The average Bonchev–Trinajstić information content (AvgIpc) is 2.72. The molecule has 0 aliphatic rings. The first-order valence-corrected chi connectivity index (χ1v) is 10.9. The van der Waals surface area contributed by atoms with Gasteiger partial charge in [0, 0.05) is 17.5 Å². The first kappa shape index (κ1) is 29.2. The summed E-state index contributed by atoms with van der Waals surface area (Å²) < 4.78 is 60.9. The van der Waals surface area contributed by atoms with Crippen molar-refractivity contribution in [2.45, 2.75) is 57.5 Å². The Bertz CT molecular complexity index is 1170. The number of carbonyl (C=O) groups is 1. The second-order valence-electron chi connectivity index (χ2n) is 9.70. The second kappa shape index (κ2) is 9.81. The van der Waals surface area contributed by atoms with Gasteiger partial charge in [-0.05, 0) is 70.5 Å². The molecule has 0 radical (unpaired) electrons. The van der Waals surface area contributed by atoms with Crippen LogP contribution in [0, 0.1) is 15.9 Å². The molecule has 0 fully saturated rings. The summed E-state index contributed by atoms with van der Waals surface area (Å²) in [5.41, 5.74) is -7.37. The Kier molecular flexibility index (Phi) is 7.97. The quantitative estimate of drug-likeness (QED) is 0.290. The van der Waals surface area contributed by atoms with Crippen LogP contribution in [0.2, 0.25) is 5.02 Å². The van der Waals surface area contributed by atoms with Crippen LogP contribution in [0.4, 0.5) is 22.4 Å². The zero-order valence-electron chi connectivity index (χ0n) is 20.4. The number of hydrogen-bond acceptors (Lipinski definition) is 6. The highest BCUT2D eigenvalue weighted by atomic mass is 35.5. The van der Waals surface area contributed by atoms with E-state index >= 15 is 0 Å². The molecule has 198 valence electrons. The lowest BCUT2D eigenvalue weighted by Gasteiger charge is -2.38. The molecule has 2 rings (SSSR count). The van der Waals surface area contributed by atoms with Gasteiger partial charge in [-0.3, -0.25) is 10.1 Å². The Labute approximate surface area is 210 Å². The number of ether oxygens (including phenoxy) is 1. The summed E-state index contributed by atoms with van der Waals surface area (Å²) in [7, 11) is 1.36. The largest absolute Gasteiger partial charge is 0.444 e. The Balaban J connectivity index is 2.82. The van der Waals surface area contributed by atoms with Crippen molar-refractivity contribution in [3.8, 4) is 11.3 Å². The summed E-state index contributed by atoms with van der Waals surface area (Å²) in [6.07, 6.45) is -6.28. The zero-order chi connectivity index (χ0) is 27.9. The lowest BCUT2D eigenvalue weighted by atomic mass is 9.88. The number of benzene rings is 1. The van der Waals surface area contributed by atoms with Crippen molar-refractivity contribution in [3.63, 3.8) is 0 Å². The van der Waals surface area contributed by atoms with E-state index in [-0.39, 0.29) is 21.8 Å². The Morgan fingerprint density at radius 3 is 2.22 bits per heavy atom. The van der Waals surface area contributed by atoms with E-state index in [0.29, 0.717) is 0 Å². The van der Waals surface area contributed by atoms with Gasteiger partial charge in [0.05, 0.1) is 21.9 Å². The number of halogens is 5. The predicted molar refractivity (Wildman–Crippen MR) is 123 cm³/mol. The van der Waals surface area contributed by atoms with Crippen LogP contribution in [0.5, 0.6) is 0 Å². The minimum atomic E-state index is -5.48. The molecule has 1 aromatic heterocycles. The topological polar surface area (TPSA) is 106 Å². The van der Waals surface area contributed by atoms with Gasteiger partial charge in [0.25, 0.3) is 5.60 Å². The van der Waals surface area contributed by atoms with E-state index < -0.39 is 52.0 Å². The Hall–Kier alpha value is -2.99. The van der Waals surface area contributed by atoms with Gasteiger partial charge in [-0.25, -0.2) is 14.2 Å². The summed E-state index contributed by atoms with van der Waals surface area (Å²) in [5, 5.41) is 21.3. The Morgan fingerprint density at radius 1 is 1.17 bits per heavy atom. The number of aliphatic hydroxyl groups is 1. The van der Waals surface area contributed by atoms with E-state index in [1.54, 1.807) is 20.8 Å². The Morgan fingerprint density at radius 2 is 1.75 bits per heavy atom. The van der Waals surface area contributed by atoms with Gasteiger partial charge >= 0.3 is 12.3 Å². The van der Waals surface area contributed by atoms with Crippen LogP contribution >= 0.6 is 11.6 Å². The number of nitrogens with zero attached hydrogens (tertiary/aromatic N) is 3. The molecule has 0 spiro atoms. The molecular formula is C23H26ClF4N3O5. The van der Waals surface area contributed by atoms with Crippen molar-refractivity contribution in [1.82, 2.24) is 9.88 Å². The van der Waals surface area contributed by atoms with Gasteiger partial charge in [-0.1, -0.05) is 11.6 Å². The number of hydrogen-bond donors (Lipinski definition) is 1. The average molecular weight is 536 g/mol. The molecule has 0 saturated heterocycles. The second-order valence-corrected chi connectivity index (χ2v) is 10.1. The number of amides is 1. The van der Waals surface area contributed by atoms with Gasteiger partial charge in [0.15, 0.2) is 0 Å². The van der Waals surface area contributed by atoms with Crippen LogP contribution < -0.4 is 0 Å². The molecule has 0 bridgehead atoms. The third-order valence-electron chi connectivity index (χ3n) is 5.50. The minimum absolute atomic E-state index is 0.0299. The molecule has 13 heteroatoms. The number of rotatable bonds is 6. The lowest BCUT2D eigenvalue weighted by Crippen LogP contribution is -2.49. The zero-order valence-corrected chi connectivity index (χ0v) is 21.2. The minimum Gasteiger partial charge on any atom is -0.444 e. The maximum absolute atomic E-state index is 14.0. The van der Waals surface area contributed by atoms with Crippen molar-refractivity contribution in [3.05, 3.63) is 62.5 Å².